The standard InChI is InChI=1S/C17H22N2O4/c20-12-14-17(13-5-2-1-3-6-13)19(9-10-23-14)16(22)11-18-8-4-7-15(18)21/h1-3,5-6,14,17,20H,4,7-12H2/t14-,17-/m1/s1. The first-order valence-electron chi connectivity index (χ1n) is 8.05. The quantitative estimate of drug-likeness (QED) is 0.881. The number of likely N-dealkylation sites (tertiary alicyclic amines) is 1. The first-order valence-corrected chi connectivity index (χ1v) is 8.05. The highest BCUT2D eigenvalue weighted by Gasteiger charge is 2.37. The molecule has 0 radical (unpaired) electrons. The summed E-state index contributed by atoms with van der Waals surface area (Å²) < 4.78 is 5.64. The molecule has 0 aromatic heterocycles. The fourth-order valence-corrected chi connectivity index (χ4v) is 3.34. The van der Waals surface area contributed by atoms with Gasteiger partial charge in [-0.05, 0) is 12.0 Å². The Hall–Kier alpha value is -1.92. The van der Waals surface area contributed by atoms with Gasteiger partial charge in [-0.3, -0.25) is 9.59 Å². The van der Waals surface area contributed by atoms with Crippen LogP contribution in [0.3, 0.4) is 0 Å². The van der Waals surface area contributed by atoms with E-state index in [0.717, 1.165) is 12.0 Å². The number of carbonyl (C=O) groups excluding carboxylic acids is 2. The number of aliphatic hydroxyl groups excluding tert-OH is 1. The van der Waals surface area contributed by atoms with Crippen LogP contribution in [0.2, 0.25) is 0 Å². The normalized spacial score (nSPS) is 25.0. The molecule has 124 valence electrons. The zero-order valence-corrected chi connectivity index (χ0v) is 13.1. The highest BCUT2D eigenvalue weighted by molar-refractivity contribution is 5.86. The van der Waals surface area contributed by atoms with E-state index in [4.69, 9.17) is 4.74 Å². The van der Waals surface area contributed by atoms with Crippen molar-refractivity contribution in [3.8, 4) is 0 Å². The van der Waals surface area contributed by atoms with Gasteiger partial charge in [-0.25, -0.2) is 0 Å². The Kier molecular flexibility index (Phi) is 4.93. The molecule has 2 aliphatic heterocycles. The van der Waals surface area contributed by atoms with Crippen LogP contribution >= 0.6 is 0 Å². The van der Waals surface area contributed by atoms with Gasteiger partial charge in [0, 0.05) is 19.5 Å². The molecular formula is C17H22N2O4. The van der Waals surface area contributed by atoms with E-state index >= 15 is 0 Å². The van der Waals surface area contributed by atoms with Gasteiger partial charge >= 0.3 is 0 Å². The minimum Gasteiger partial charge on any atom is -0.394 e. The van der Waals surface area contributed by atoms with Crippen molar-refractivity contribution in [3.05, 3.63) is 35.9 Å². The largest absolute Gasteiger partial charge is 0.394 e. The van der Waals surface area contributed by atoms with Gasteiger partial charge in [0.25, 0.3) is 0 Å². The average Bonchev–Trinajstić information content (AvgIpc) is 2.99. The fourth-order valence-electron chi connectivity index (χ4n) is 3.34. The lowest BCUT2D eigenvalue weighted by Gasteiger charge is -2.41. The Morgan fingerprint density at radius 3 is 2.70 bits per heavy atom. The molecule has 2 fully saturated rings. The van der Waals surface area contributed by atoms with E-state index in [1.165, 1.54) is 0 Å². The Morgan fingerprint density at radius 1 is 1.26 bits per heavy atom. The van der Waals surface area contributed by atoms with E-state index in [1.54, 1.807) is 9.80 Å². The maximum absolute atomic E-state index is 12.7. The summed E-state index contributed by atoms with van der Waals surface area (Å²) in [6.07, 6.45) is 0.901. The van der Waals surface area contributed by atoms with E-state index in [0.29, 0.717) is 26.1 Å². The van der Waals surface area contributed by atoms with E-state index in [1.807, 2.05) is 30.3 Å². The van der Waals surface area contributed by atoms with E-state index in [2.05, 4.69) is 0 Å². The lowest BCUT2D eigenvalue weighted by molar-refractivity contribution is -0.153. The minimum atomic E-state index is -0.440. The minimum absolute atomic E-state index is 0.0431. The maximum Gasteiger partial charge on any atom is 0.242 e. The lowest BCUT2D eigenvalue weighted by atomic mass is 9.98. The third-order valence-electron chi connectivity index (χ3n) is 4.49. The van der Waals surface area contributed by atoms with Crippen LogP contribution in [0.4, 0.5) is 0 Å². The van der Waals surface area contributed by atoms with Crippen molar-refractivity contribution in [1.82, 2.24) is 9.80 Å². The predicted octanol–water partition coefficient (Wildman–Crippen LogP) is 0.570. The second kappa shape index (κ2) is 7.10. The summed E-state index contributed by atoms with van der Waals surface area (Å²) >= 11 is 0. The second-order valence-electron chi connectivity index (χ2n) is 5.95. The van der Waals surface area contributed by atoms with Crippen LogP contribution in [-0.2, 0) is 14.3 Å². The number of nitrogens with zero attached hydrogens (tertiary/aromatic N) is 2. The van der Waals surface area contributed by atoms with Crippen molar-refractivity contribution in [3.63, 3.8) is 0 Å². The summed E-state index contributed by atoms with van der Waals surface area (Å²) in [7, 11) is 0. The second-order valence-corrected chi connectivity index (χ2v) is 5.95. The van der Waals surface area contributed by atoms with Crippen LogP contribution in [0.1, 0.15) is 24.4 Å². The monoisotopic (exact) mass is 318 g/mol. The third-order valence-corrected chi connectivity index (χ3v) is 4.49. The molecule has 0 spiro atoms. The smallest absolute Gasteiger partial charge is 0.242 e. The number of ether oxygens (including phenoxy) is 1. The van der Waals surface area contributed by atoms with Gasteiger partial charge in [0.2, 0.25) is 11.8 Å². The molecule has 2 aliphatic rings. The molecule has 2 saturated heterocycles. The number of rotatable bonds is 4. The summed E-state index contributed by atoms with van der Waals surface area (Å²) in [6, 6.07) is 9.28. The summed E-state index contributed by atoms with van der Waals surface area (Å²) in [6.45, 7) is 1.48. The molecule has 0 saturated carbocycles. The summed E-state index contributed by atoms with van der Waals surface area (Å²) in [5.41, 5.74) is 0.937. The van der Waals surface area contributed by atoms with Gasteiger partial charge in [-0.2, -0.15) is 0 Å². The van der Waals surface area contributed by atoms with Gasteiger partial charge < -0.3 is 19.6 Å². The summed E-state index contributed by atoms with van der Waals surface area (Å²) in [5.74, 6) is -0.0440. The molecule has 1 N–H and O–H groups in total. The number of morpholine rings is 1. The van der Waals surface area contributed by atoms with E-state index in [9.17, 15) is 14.7 Å². The van der Waals surface area contributed by atoms with Crippen LogP contribution in [0.25, 0.3) is 0 Å². The van der Waals surface area contributed by atoms with Crippen LogP contribution in [0.15, 0.2) is 30.3 Å². The number of hydrogen-bond donors (Lipinski definition) is 1. The number of benzene rings is 1. The van der Waals surface area contributed by atoms with Crippen molar-refractivity contribution in [1.29, 1.82) is 0 Å². The number of aliphatic hydroxyl groups is 1. The van der Waals surface area contributed by atoms with Crippen LogP contribution in [0.5, 0.6) is 0 Å². The molecule has 6 heteroatoms. The SMILES string of the molecule is O=C1CCCN1CC(=O)N1CCO[C@H](CO)[C@H]1c1ccccc1. The Balaban J connectivity index is 1.79. The number of carbonyl (C=O) groups is 2. The molecule has 23 heavy (non-hydrogen) atoms. The van der Waals surface area contributed by atoms with Crippen molar-refractivity contribution < 1.29 is 19.4 Å². The number of hydrogen-bond acceptors (Lipinski definition) is 4. The Morgan fingerprint density at radius 2 is 2.04 bits per heavy atom. The van der Waals surface area contributed by atoms with Crippen LogP contribution < -0.4 is 0 Å². The molecule has 3 rings (SSSR count). The molecule has 0 aliphatic carbocycles. The molecule has 1 aromatic carbocycles. The summed E-state index contributed by atoms with van der Waals surface area (Å²) in [5, 5.41) is 9.62. The molecule has 1 aromatic rings. The van der Waals surface area contributed by atoms with Gasteiger partial charge in [0.1, 0.15) is 6.10 Å². The topological polar surface area (TPSA) is 70.1 Å². The number of amides is 2. The van der Waals surface area contributed by atoms with Gasteiger partial charge in [-0.1, -0.05) is 30.3 Å². The summed E-state index contributed by atoms with van der Waals surface area (Å²) in [4.78, 5) is 27.9. The van der Waals surface area contributed by atoms with Gasteiger partial charge in [0.05, 0.1) is 25.8 Å². The highest BCUT2D eigenvalue weighted by Crippen LogP contribution is 2.29. The lowest BCUT2D eigenvalue weighted by Crippen LogP contribution is -2.52. The van der Waals surface area contributed by atoms with Crippen molar-refractivity contribution in [2.24, 2.45) is 0 Å². The zero-order chi connectivity index (χ0) is 16.2. The van der Waals surface area contributed by atoms with E-state index in [-0.39, 0.29) is 31.0 Å². The van der Waals surface area contributed by atoms with Crippen molar-refractivity contribution in [2.75, 3.05) is 32.8 Å². The molecule has 2 amide bonds. The van der Waals surface area contributed by atoms with Gasteiger partial charge in [-0.15, -0.1) is 0 Å². The fraction of sp³-hybridized carbons (Fsp3) is 0.529. The molecule has 0 bridgehead atoms. The zero-order valence-electron chi connectivity index (χ0n) is 13.1. The predicted molar refractivity (Wildman–Crippen MR) is 83.5 cm³/mol. The Labute approximate surface area is 135 Å². The third kappa shape index (κ3) is 3.38. The molecular weight excluding hydrogens is 296 g/mol. The van der Waals surface area contributed by atoms with Crippen molar-refractivity contribution in [2.45, 2.75) is 25.0 Å². The first-order chi connectivity index (χ1) is 11.2. The van der Waals surface area contributed by atoms with Crippen LogP contribution in [0, 0.1) is 0 Å². The average molecular weight is 318 g/mol. The molecule has 0 unspecified atom stereocenters. The van der Waals surface area contributed by atoms with Gasteiger partial charge in [0.15, 0.2) is 0 Å². The first kappa shape index (κ1) is 16.0. The maximum atomic E-state index is 12.7. The molecule has 2 heterocycles. The highest BCUT2D eigenvalue weighted by atomic mass is 16.5. The molecule has 6 nitrogen and oxygen atoms in total. The van der Waals surface area contributed by atoms with Crippen molar-refractivity contribution >= 4 is 11.8 Å². The Bertz CT molecular complexity index is 563. The van der Waals surface area contributed by atoms with E-state index < -0.39 is 6.10 Å². The molecule has 2 atom stereocenters. The van der Waals surface area contributed by atoms with Crippen LogP contribution in [-0.4, -0.2) is 65.7 Å².